The van der Waals surface area contributed by atoms with Gasteiger partial charge in [0, 0.05) is 6.04 Å². The highest BCUT2D eigenvalue weighted by molar-refractivity contribution is 7.91. The summed E-state index contributed by atoms with van der Waals surface area (Å²) >= 11 is 0. The van der Waals surface area contributed by atoms with Gasteiger partial charge in [-0.3, -0.25) is 4.79 Å². The second kappa shape index (κ2) is 7.86. The normalized spacial score (nSPS) is 15.0. The Balaban J connectivity index is 1.79. The molecule has 1 fully saturated rings. The number of carbonyl (C=O) groups excluding carboxylic acids is 1. The molecule has 7 heteroatoms. The molecule has 1 amide bonds. The molecule has 138 valence electrons. The van der Waals surface area contributed by atoms with Crippen LogP contribution in [-0.2, 0) is 14.6 Å². The number of carbonyl (C=O) groups is 1. The minimum Gasteiger partial charge on any atom is -0.375 e. The van der Waals surface area contributed by atoms with E-state index >= 15 is 0 Å². The molecule has 1 aliphatic carbocycles. The minimum absolute atomic E-state index is 0.0700. The molecule has 0 aromatic heterocycles. The molecule has 0 aliphatic heterocycles. The lowest BCUT2D eigenvalue weighted by molar-refractivity contribution is -0.120. The van der Waals surface area contributed by atoms with Crippen molar-refractivity contribution in [2.45, 2.75) is 41.5 Å². The Labute approximate surface area is 152 Å². The van der Waals surface area contributed by atoms with Crippen LogP contribution in [0.15, 0.2) is 58.3 Å². The number of hydrogen-bond donors (Lipinski definition) is 2. The fraction of sp³-hybridized carbons (Fsp3) is 0.316. The molecule has 3 rings (SSSR count). The van der Waals surface area contributed by atoms with E-state index in [2.05, 4.69) is 10.6 Å². The molecule has 0 unspecified atom stereocenters. The molecular weight excluding hydrogens is 355 g/mol. The largest absolute Gasteiger partial charge is 0.375 e. The van der Waals surface area contributed by atoms with Gasteiger partial charge < -0.3 is 10.6 Å². The fourth-order valence-electron chi connectivity index (χ4n) is 3.12. The predicted molar refractivity (Wildman–Crippen MR) is 97.2 cm³/mol. The van der Waals surface area contributed by atoms with Gasteiger partial charge in [0.1, 0.15) is 5.82 Å². The van der Waals surface area contributed by atoms with E-state index in [9.17, 15) is 17.6 Å². The molecule has 0 atom stereocenters. The van der Waals surface area contributed by atoms with E-state index in [4.69, 9.17) is 0 Å². The molecule has 26 heavy (non-hydrogen) atoms. The smallest absolute Gasteiger partial charge is 0.239 e. The number of rotatable bonds is 6. The molecule has 1 aliphatic rings. The lowest BCUT2D eigenvalue weighted by atomic mass is 10.2. The Hall–Kier alpha value is -2.41. The van der Waals surface area contributed by atoms with Crippen LogP contribution in [0.3, 0.4) is 0 Å². The van der Waals surface area contributed by atoms with E-state index < -0.39 is 15.7 Å². The molecule has 0 spiro atoms. The van der Waals surface area contributed by atoms with Crippen molar-refractivity contribution in [3.8, 4) is 0 Å². The Morgan fingerprint density at radius 1 is 1.08 bits per heavy atom. The summed E-state index contributed by atoms with van der Waals surface area (Å²) < 4.78 is 39.3. The summed E-state index contributed by atoms with van der Waals surface area (Å²) in [6.45, 7) is -0.0700. The molecular formula is C19H21FN2O3S. The quantitative estimate of drug-likeness (QED) is 0.812. The maximum absolute atomic E-state index is 13.7. The van der Waals surface area contributed by atoms with E-state index in [-0.39, 0.29) is 34.0 Å². The lowest BCUT2D eigenvalue weighted by Gasteiger charge is -2.15. The van der Waals surface area contributed by atoms with E-state index in [1.807, 2.05) is 0 Å². The third kappa shape index (κ3) is 4.22. The van der Waals surface area contributed by atoms with Crippen molar-refractivity contribution in [2.75, 3.05) is 11.9 Å². The zero-order valence-electron chi connectivity index (χ0n) is 14.2. The number of anilines is 1. The van der Waals surface area contributed by atoms with Crippen LogP contribution in [0, 0.1) is 5.82 Å². The average Bonchev–Trinajstić information content (AvgIpc) is 3.14. The fourth-order valence-corrected chi connectivity index (χ4v) is 4.58. The first-order valence-electron chi connectivity index (χ1n) is 8.60. The van der Waals surface area contributed by atoms with Crippen molar-refractivity contribution < 1.29 is 17.6 Å². The van der Waals surface area contributed by atoms with Crippen molar-refractivity contribution in [3.05, 3.63) is 54.3 Å². The molecule has 2 aromatic rings. The van der Waals surface area contributed by atoms with Crippen LogP contribution in [0.1, 0.15) is 25.7 Å². The topological polar surface area (TPSA) is 75.3 Å². The van der Waals surface area contributed by atoms with Gasteiger partial charge in [0.05, 0.1) is 22.0 Å². The molecule has 0 radical (unpaired) electrons. The van der Waals surface area contributed by atoms with Gasteiger partial charge in [-0.25, -0.2) is 12.8 Å². The second-order valence-corrected chi connectivity index (χ2v) is 8.28. The highest BCUT2D eigenvalue weighted by Gasteiger charge is 2.23. The molecule has 0 bridgehead atoms. The minimum atomic E-state index is -3.90. The highest BCUT2D eigenvalue weighted by atomic mass is 32.2. The summed E-state index contributed by atoms with van der Waals surface area (Å²) in [7, 11) is -3.90. The summed E-state index contributed by atoms with van der Waals surface area (Å²) in [5.74, 6) is -0.857. The number of benzene rings is 2. The Kier molecular flexibility index (Phi) is 5.56. The van der Waals surface area contributed by atoms with Gasteiger partial charge in [0.15, 0.2) is 0 Å². The number of halogens is 1. The molecule has 1 saturated carbocycles. The van der Waals surface area contributed by atoms with Crippen molar-refractivity contribution in [1.82, 2.24) is 5.32 Å². The standard InChI is InChI=1S/C19H21FN2O3S/c20-14-10-11-17(21-13-19(23)22-15-6-4-5-7-15)18(12-14)26(24,25)16-8-2-1-3-9-16/h1-3,8-12,15,21H,4-7,13H2,(H,22,23). The average molecular weight is 376 g/mol. The molecule has 0 saturated heterocycles. The van der Waals surface area contributed by atoms with Gasteiger partial charge in [-0.05, 0) is 43.2 Å². The first-order chi connectivity index (χ1) is 12.5. The van der Waals surface area contributed by atoms with Gasteiger partial charge in [0.2, 0.25) is 15.7 Å². The van der Waals surface area contributed by atoms with Crippen LogP contribution in [-0.4, -0.2) is 26.9 Å². The van der Waals surface area contributed by atoms with Crippen LogP contribution in [0.5, 0.6) is 0 Å². The van der Waals surface area contributed by atoms with Gasteiger partial charge in [-0.2, -0.15) is 0 Å². The van der Waals surface area contributed by atoms with E-state index in [0.717, 1.165) is 31.7 Å². The maximum Gasteiger partial charge on any atom is 0.239 e. The third-order valence-electron chi connectivity index (χ3n) is 4.45. The van der Waals surface area contributed by atoms with Crippen LogP contribution in [0.4, 0.5) is 10.1 Å². The first kappa shape index (κ1) is 18.4. The number of nitrogens with one attached hydrogen (secondary N) is 2. The maximum atomic E-state index is 13.7. The number of hydrogen-bond acceptors (Lipinski definition) is 4. The van der Waals surface area contributed by atoms with Gasteiger partial charge in [-0.1, -0.05) is 31.0 Å². The zero-order chi connectivity index (χ0) is 18.6. The van der Waals surface area contributed by atoms with E-state index in [0.29, 0.717) is 0 Å². The zero-order valence-corrected chi connectivity index (χ0v) is 15.1. The summed E-state index contributed by atoms with van der Waals surface area (Å²) in [6.07, 6.45) is 4.15. The second-order valence-electron chi connectivity index (χ2n) is 6.36. The first-order valence-corrected chi connectivity index (χ1v) is 10.1. The molecule has 5 nitrogen and oxygen atoms in total. The third-order valence-corrected chi connectivity index (χ3v) is 6.26. The van der Waals surface area contributed by atoms with Crippen LogP contribution in [0.25, 0.3) is 0 Å². The van der Waals surface area contributed by atoms with Crippen LogP contribution >= 0.6 is 0 Å². The summed E-state index contributed by atoms with van der Waals surface area (Å²) in [5, 5.41) is 5.76. The SMILES string of the molecule is O=C(CNc1ccc(F)cc1S(=O)(=O)c1ccccc1)NC1CCCC1. The van der Waals surface area contributed by atoms with Crippen LogP contribution < -0.4 is 10.6 Å². The monoisotopic (exact) mass is 376 g/mol. The summed E-state index contributed by atoms with van der Waals surface area (Å²) in [5.41, 5.74) is 0.205. The number of amides is 1. The molecule has 2 aromatic carbocycles. The van der Waals surface area contributed by atoms with E-state index in [1.54, 1.807) is 18.2 Å². The Morgan fingerprint density at radius 2 is 1.77 bits per heavy atom. The Morgan fingerprint density at radius 3 is 2.46 bits per heavy atom. The lowest BCUT2D eigenvalue weighted by Crippen LogP contribution is -2.36. The predicted octanol–water partition coefficient (Wildman–Crippen LogP) is 3.13. The summed E-state index contributed by atoms with van der Waals surface area (Å²) in [6, 6.07) is 11.5. The summed E-state index contributed by atoms with van der Waals surface area (Å²) in [4.78, 5) is 12.0. The molecule has 0 heterocycles. The van der Waals surface area contributed by atoms with Crippen molar-refractivity contribution >= 4 is 21.4 Å². The Bertz CT molecular complexity index is 879. The van der Waals surface area contributed by atoms with Gasteiger partial charge in [0.25, 0.3) is 0 Å². The van der Waals surface area contributed by atoms with E-state index in [1.165, 1.54) is 24.3 Å². The highest BCUT2D eigenvalue weighted by Crippen LogP contribution is 2.28. The van der Waals surface area contributed by atoms with Crippen molar-refractivity contribution in [1.29, 1.82) is 0 Å². The molecule has 2 N–H and O–H groups in total. The van der Waals surface area contributed by atoms with Crippen molar-refractivity contribution in [3.63, 3.8) is 0 Å². The van der Waals surface area contributed by atoms with Gasteiger partial charge >= 0.3 is 0 Å². The number of sulfone groups is 1. The van der Waals surface area contributed by atoms with Gasteiger partial charge in [-0.15, -0.1) is 0 Å². The van der Waals surface area contributed by atoms with Crippen molar-refractivity contribution in [2.24, 2.45) is 0 Å². The van der Waals surface area contributed by atoms with Crippen LogP contribution in [0.2, 0.25) is 0 Å².